The van der Waals surface area contributed by atoms with Crippen molar-refractivity contribution in [2.24, 2.45) is 23.3 Å². The highest BCUT2D eigenvalue weighted by atomic mass is 16.4. The molecule has 0 aromatic carbocycles. The first-order valence-electron chi connectivity index (χ1n) is 6.10. The molecule has 0 aromatic rings. The standard InChI is InChI=1S/2C6H13NO2/c1-4(2)3-5(7)6(8)9;1-3-4(2)5(7)6(8)9/h2*4-5H,3,7H2,1-2H3,(H,8,9)/t5-;/m1./s1. The van der Waals surface area contributed by atoms with Gasteiger partial charge in [-0.15, -0.1) is 0 Å². The van der Waals surface area contributed by atoms with Crippen molar-refractivity contribution in [3.05, 3.63) is 0 Å². The molecule has 0 amide bonds. The van der Waals surface area contributed by atoms with Crippen LogP contribution in [0.15, 0.2) is 0 Å². The van der Waals surface area contributed by atoms with Gasteiger partial charge in [0.25, 0.3) is 0 Å². The van der Waals surface area contributed by atoms with E-state index in [2.05, 4.69) is 0 Å². The average molecular weight is 262 g/mol. The fraction of sp³-hybridized carbons (Fsp3) is 0.833. The second kappa shape index (κ2) is 9.85. The molecule has 0 aromatic heterocycles. The van der Waals surface area contributed by atoms with Crippen molar-refractivity contribution in [1.82, 2.24) is 0 Å². The van der Waals surface area contributed by atoms with Gasteiger partial charge in [0, 0.05) is 0 Å². The van der Waals surface area contributed by atoms with E-state index in [4.69, 9.17) is 21.7 Å². The van der Waals surface area contributed by atoms with Gasteiger partial charge in [-0.1, -0.05) is 34.1 Å². The first kappa shape index (κ1) is 19.2. The third-order valence-corrected chi connectivity index (χ3v) is 2.58. The molecule has 0 aliphatic rings. The van der Waals surface area contributed by atoms with Gasteiger partial charge in [-0.05, 0) is 18.3 Å². The van der Waals surface area contributed by atoms with Gasteiger partial charge in [-0.3, -0.25) is 9.59 Å². The van der Waals surface area contributed by atoms with Gasteiger partial charge in [0.05, 0.1) is 0 Å². The van der Waals surface area contributed by atoms with Gasteiger partial charge in [0.2, 0.25) is 0 Å². The summed E-state index contributed by atoms with van der Waals surface area (Å²) in [5.41, 5.74) is 10.5. The molecule has 6 N–H and O–H groups in total. The van der Waals surface area contributed by atoms with Gasteiger partial charge >= 0.3 is 11.9 Å². The second-order valence-electron chi connectivity index (χ2n) is 4.82. The van der Waals surface area contributed by atoms with Crippen molar-refractivity contribution in [2.75, 3.05) is 0 Å². The van der Waals surface area contributed by atoms with E-state index in [1.54, 1.807) is 0 Å². The van der Waals surface area contributed by atoms with Crippen LogP contribution in [-0.4, -0.2) is 34.2 Å². The molecule has 0 radical (unpaired) electrons. The molecule has 3 atom stereocenters. The number of hydrogen-bond acceptors (Lipinski definition) is 4. The lowest BCUT2D eigenvalue weighted by atomic mass is 10.0. The summed E-state index contributed by atoms with van der Waals surface area (Å²) in [6.07, 6.45) is 1.36. The molecule has 0 saturated heterocycles. The molecule has 18 heavy (non-hydrogen) atoms. The van der Waals surface area contributed by atoms with Crippen molar-refractivity contribution >= 4 is 11.9 Å². The van der Waals surface area contributed by atoms with Crippen LogP contribution in [0.2, 0.25) is 0 Å². The Kier molecular flexibility index (Phi) is 10.5. The molecule has 108 valence electrons. The summed E-state index contributed by atoms with van der Waals surface area (Å²) >= 11 is 0. The SMILES string of the molecule is CC(C)C[C@@H](N)C(=O)O.CCC(C)C(N)C(=O)O. The first-order chi connectivity index (χ1) is 8.13. The predicted octanol–water partition coefficient (Wildman–Crippen LogP) is 0.889. The highest BCUT2D eigenvalue weighted by Crippen LogP contribution is 2.04. The number of carboxylic acid groups (broad SMARTS) is 2. The van der Waals surface area contributed by atoms with Crippen LogP contribution in [0.3, 0.4) is 0 Å². The van der Waals surface area contributed by atoms with Gasteiger partial charge in [0.15, 0.2) is 0 Å². The number of rotatable bonds is 6. The van der Waals surface area contributed by atoms with Gasteiger partial charge in [-0.25, -0.2) is 0 Å². The highest BCUT2D eigenvalue weighted by molar-refractivity contribution is 5.73. The topological polar surface area (TPSA) is 127 Å². The van der Waals surface area contributed by atoms with Crippen molar-refractivity contribution in [3.63, 3.8) is 0 Å². The molecular weight excluding hydrogens is 236 g/mol. The number of carboxylic acids is 2. The van der Waals surface area contributed by atoms with Crippen LogP contribution in [0.1, 0.15) is 40.5 Å². The number of carbonyl (C=O) groups is 2. The summed E-state index contributed by atoms with van der Waals surface area (Å²) in [6, 6.07) is -1.39. The minimum Gasteiger partial charge on any atom is -0.480 e. The summed E-state index contributed by atoms with van der Waals surface area (Å²) < 4.78 is 0. The minimum atomic E-state index is -0.913. The molecule has 0 spiro atoms. The van der Waals surface area contributed by atoms with Crippen LogP contribution in [0.5, 0.6) is 0 Å². The zero-order valence-electron chi connectivity index (χ0n) is 11.6. The van der Waals surface area contributed by atoms with Crippen LogP contribution in [0, 0.1) is 11.8 Å². The molecular formula is C12H26N2O4. The Bertz CT molecular complexity index is 256. The number of aliphatic carboxylic acids is 2. The van der Waals surface area contributed by atoms with Crippen LogP contribution >= 0.6 is 0 Å². The summed E-state index contributed by atoms with van der Waals surface area (Å²) in [7, 11) is 0. The van der Waals surface area contributed by atoms with Crippen molar-refractivity contribution in [1.29, 1.82) is 0 Å². The predicted molar refractivity (Wildman–Crippen MR) is 70.1 cm³/mol. The highest BCUT2D eigenvalue weighted by Gasteiger charge is 2.17. The van der Waals surface area contributed by atoms with E-state index in [-0.39, 0.29) is 5.92 Å². The van der Waals surface area contributed by atoms with E-state index in [9.17, 15) is 9.59 Å². The van der Waals surface area contributed by atoms with Crippen LogP contribution in [-0.2, 0) is 9.59 Å². The molecule has 0 heterocycles. The Labute approximate surface area is 108 Å². The average Bonchev–Trinajstić information content (AvgIpc) is 2.26. The fourth-order valence-corrected chi connectivity index (χ4v) is 1.11. The molecule has 6 nitrogen and oxygen atoms in total. The molecule has 0 fully saturated rings. The maximum absolute atomic E-state index is 10.2. The Balaban J connectivity index is 0. The van der Waals surface area contributed by atoms with E-state index in [0.717, 1.165) is 6.42 Å². The second-order valence-corrected chi connectivity index (χ2v) is 4.82. The summed E-state index contributed by atoms with van der Waals surface area (Å²) in [4.78, 5) is 20.3. The Morgan fingerprint density at radius 3 is 1.61 bits per heavy atom. The monoisotopic (exact) mass is 262 g/mol. The van der Waals surface area contributed by atoms with Crippen molar-refractivity contribution in [3.8, 4) is 0 Å². The lowest BCUT2D eigenvalue weighted by Crippen LogP contribution is -2.36. The molecule has 0 bridgehead atoms. The van der Waals surface area contributed by atoms with Crippen LogP contribution in [0.4, 0.5) is 0 Å². The Hall–Kier alpha value is -1.14. The summed E-state index contributed by atoms with van der Waals surface area (Å²) in [5.74, 6) is -1.40. The smallest absolute Gasteiger partial charge is 0.320 e. The van der Waals surface area contributed by atoms with Gasteiger partial charge in [-0.2, -0.15) is 0 Å². The van der Waals surface area contributed by atoms with E-state index >= 15 is 0 Å². The van der Waals surface area contributed by atoms with Gasteiger partial charge < -0.3 is 21.7 Å². The molecule has 2 unspecified atom stereocenters. The third-order valence-electron chi connectivity index (χ3n) is 2.58. The summed E-state index contributed by atoms with van der Waals surface area (Å²) in [6.45, 7) is 7.65. The maximum Gasteiger partial charge on any atom is 0.320 e. The van der Waals surface area contributed by atoms with E-state index in [1.807, 2.05) is 27.7 Å². The Morgan fingerprint density at radius 2 is 1.50 bits per heavy atom. The van der Waals surface area contributed by atoms with E-state index in [0.29, 0.717) is 12.3 Å². The minimum absolute atomic E-state index is 0.0718. The van der Waals surface area contributed by atoms with Crippen LogP contribution < -0.4 is 11.5 Å². The number of nitrogens with two attached hydrogens (primary N) is 2. The zero-order valence-corrected chi connectivity index (χ0v) is 11.6. The number of hydrogen-bond donors (Lipinski definition) is 4. The molecule has 0 aliphatic carbocycles. The fourth-order valence-electron chi connectivity index (χ4n) is 1.11. The van der Waals surface area contributed by atoms with Crippen LogP contribution in [0.25, 0.3) is 0 Å². The first-order valence-corrected chi connectivity index (χ1v) is 6.10. The third kappa shape index (κ3) is 10.0. The van der Waals surface area contributed by atoms with E-state index in [1.165, 1.54) is 0 Å². The van der Waals surface area contributed by atoms with E-state index < -0.39 is 24.0 Å². The lowest BCUT2D eigenvalue weighted by Gasteiger charge is -2.11. The van der Waals surface area contributed by atoms with Crippen molar-refractivity contribution in [2.45, 2.75) is 52.6 Å². The quantitative estimate of drug-likeness (QED) is 0.563. The zero-order chi connectivity index (χ0) is 14.9. The lowest BCUT2D eigenvalue weighted by molar-refractivity contribution is -0.140. The summed E-state index contributed by atoms with van der Waals surface area (Å²) in [5, 5.41) is 16.7. The molecule has 0 saturated carbocycles. The molecule has 0 aliphatic heterocycles. The van der Waals surface area contributed by atoms with Gasteiger partial charge in [0.1, 0.15) is 12.1 Å². The largest absolute Gasteiger partial charge is 0.480 e. The van der Waals surface area contributed by atoms with Crippen molar-refractivity contribution < 1.29 is 19.8 Å². The molecule has 0 rings (SSSR count). The normalized spacial score (nSPS) is 15.3. The Morgan fingerprint density at radius 1 is 1.06 bits per heavy atom. The maximum atomic E-state index is 10.2. The molecule has 6 heteroatoms.